The van der Waals surface area contributed by atoms with Crippen LogP contribution in [0.2, 0.25) is 5.02 Å². The van der Waals surface area contributed by atoms with Crippen molar-refractivity contribution in [2.24, 2.45) is 22.4 Å². The van der Waals surface area contributed by atoms with E-state index in [2.05, 4.69) is 20.3 Å². The minimum atomic E-state index is -0.929. The first-order valence-electron chi connectivity index (χ1n) is 10.7. The van der Waals surface area contributed by atoms with E-state index < -0.39 is 6.04 Å². The summed E-state index contributed by atoms with van der Waals surface area (Å²) in [7, 11) is 1.78. The Bertz CT molecular complexity index is 1530. The van der Waals surface area contributed by atoms with E-state index in [0.717, 1.165) is 5.56 Å². The van der Waals surface area contributed by atoms with Crippen molar-refractivity contribution >= 4 is 45.4 Å². The normalized spacial score (nSPS) is 15.9. The molecule has 0 fully saturated rings. The predicted octanol–water partition coefficient (Wildman–Crippen LogP) is 5.14. The van der Waals surface area contributed by atoms with Gasteiger partial charge in [-0.1, -0.05) is 41.9 Å². The molecule has 1 amide bonds. The number of azo groups is 1. The molecule has 0 saturated heterocycles. The van der Waals surface area contributed by atoms with Gasteiger partial charge in [-0.2, -0.15) is 15.2 Å². The molecule has 4 aromatic rings. The van der Waals surface area contributed by atoms with Crippen molar-refractivity contribution in [3.05, 3.63) is 81.0 Å². The van der Waals surface area contributed by atoms with Gasteiger partial charge < -0.3 is 0 Å². The fourth-order valence-corrected chi connectivity index (χ4v) is 4.64. The van der Waals surface area contributed by atoms with Crippen molar-refractivity contribution in [1.29, 1.82) is 0 Å². The molecule has 0 spiro atoms. The van der Waals surface area contributed by atoms with Crippen LogP contribution in [0.15, 0.2) is 80.1 Å². The smallest absolute Gasteiger partial charge is 0.283 e. The highest BCUT2D eigenvalue weighted by Gasteiger charge is 2.36. The lowest BCUT2D eigenvalue weighted by Gasteiger charge is -2.08. The Morgan fingerprint density at radius 2 is 1.74 bits per heavy atom. The van der Waals surface area contributed by atoms with E-state index in [9.17, 15) is 9.59 Å². The fraction of sp³-hybridized carbons (Fsp3) is 0.167. The molecule has 0 bridgehead atoms. The molecule has 0 saturated carbocycles. The summed E-state index contributed by atoms with van der Waals surface area (Å²) in [6, 6.07) is 15.6. The number of hydrazone groups is 1. The largest absolute Gasteiger partial charge is 0.299 e. The van der Waals surface area contributed by atoms with Crippen LogP contribution in [0, 0.1) is 6.92 Å². The highest BCUT2D eigenvalue weighted by molar-refractivity contribution is 7.14. The van der Waals surface area contributed by atoms with Gasteiger partial charge >= 0.3 is 0 Å². The molecule has 0 aliphatic carbocycles. The number of aromatic nitrogens is 3. The maximum Gasteiger partial charge on any atom is 0.299 e. The monoisotopic (exact) mass is 505 g/mol. The molecular weight excluding hydrogens is 486 g/mol. The van der Waals surface area contributed by atoms with Crippen molar-refractivity contribution in [3.63, 3.8) is 0 Å². The van der Waals surface area contributed by atoms with Crippen LogP contribution in [0.5, 0.6) is 0 Å². The molecule has 1 aliphatic heterocycles. The maximum absolute atomic E-state index is 13.1. The SMILES string of the molecule is CC1=NN(c2nc(-c3ccc(Cl)cc3)cs2)C(=O)C1N=Nc1c(C)n(C)n(-c2ccccc2)c1=O. The number of halogens is 1. The van der Waals surface area contributed by atoms with Crippen LogP contribution in [0.1, 0.15) is 12.6 Å². The van der Waals surface area contributed by atoms with Gasteiger partial charge in [0.05, 0.1) is 22.8 Å². The summed E-state index contributed by atoms with van der Waals surface area (Å²) in [6.07, 6.45) is 0. The second-order valence-electron chi connectivity index (χ2n) is 7.94. The molecule has 0 radical (unpaired) electrons. The number of thiazole rings is 1. The summed E-state index contributed by atoms with van der Waals surface area (Å²) in [5, 5.41) is 16.9. The summed E-state index contributed by atoms with van der Waals surface area (Å²) in [6.45, 7) is 3.49. The van der Waals surface area contributed by atoms with Gasteiger partial charge in [-0.05, 0) is 38.1 Å². The molecule has 2 aromatic heterocycles. The zero-order chi connectivity index (χ0) is 24.7. The Labute approximate surface area is 209 Å². The first-order valence-corrected chi connectivity index (χ1v) is 12.0. The molecule has 5 rings (SSSR count). The van der Waals surface area contributed by atoms with Gasteiger partial charge in [-0.3, -0.25) is 14.3 Å². The quantitative estimate of drug-likeness (QED) is 0.351. The van der Waals surface area contributed by atoms with Crippen LogP contribution < -0.4 is 10.6 Å². The molecule has 0 N–H and O–H groups in total. The van der Waals surface area contributed by atoms with E-state index in [1.165, 1.54) is 21.0 Å². The molecule has 9 nitrogen and oxygen atoms in total. The summed E-state index contributed by atoms with van der Waals surface area (Å²) in [5.41, 5.74) is 3.28. The zero-order valence-electron chi connectivity index (χ0n) is 19.1. The van der Waals surface area contributed by atoms with E-state index in [1.54, 1.807) is 37.7 Å². The van der Waals surface area contributed by atoms with Gasteiger partial charge in [-0.15, -0.1) is 16.5 Å². The summed E-state index contributed by atoms with van der Waals surface area (Å²) >= 11 is 7.26. The minimum absolute atomic E-state index is 0.176. The molecule has 176 valence electrons. The first-order chi connectivity index (χ1) is 16.8. The lowest BCUT2D eigenvalue weighted by Crippen LogP contribution is -2.29. The fourth-order valence-electron chi connectivity index (χ4n) is 3.73. The molecule has 3 heterocycles. The van der Waals surface area contributed by atoms with Gasteiger partial charge in [0.2, 0.25) is 5.13 Å². The van der Waals surface area contributed by atoms with Crippen LogP contribution in [-0.4, -0.2) is 32.0 Å². The van der Waals surface area contributed by atoms with Crippen molar-refractivity contribution < 1.29 is 4.79 Å². The topological polar surface area (TPSA) is 97.2 Å². The maximum atomic E-state index is 13.1. The van der Waals surface area contributed by atoms with Crippen LogP contribution in [0.25, 0.3) is 16.9 Å². The van der Waals surface area contributed by atoms with E-state index in [4.69, 9.17) is 11.6 Å². The van der Waals surface area contributed by atoms with E-state index >= 15 is 0 Å². The first kappa shape index (κ1) is 22.9. The Kier molecular flexibility index (Phi) is 5.91. The number of nitrogens with zero attached hydrogens (tertiary/aromatic N) is 7. The van der Waals surface area contributed by atoms with E-state index in [-0.39, 0.29) is 17.2 Å². The third-order valence-corrected chi connectivity index (χ3v) is 6.77. The molecule has 11 heteroatoms. The summed E-state index contributed by atoms with van der Waals surface area (Å²) < 4.78 is 3.23. The summed E-state index contributed by atoms with van der Waals surface area (Å²) in [5.74, 6) is -0.375. The van der Waals surface area contributed by atoms with Crippen LogP contribution in [0.3, 0.4) is 0 Å². The Hall–Kier alpha value is -3.89. The highest BCUT2D eigenvalue weighted by Crippen LogP contribution is 2.31. The Balaban J connectivity index is 1.40. The number of hydrogen-bond donors (Lipinski definition) is 0. The van der Waals surface area contributed by atoms with Gasteiger partial charge in [0.1, 0.15) is 0 Å². The number of amides is 1. The molecule has 1 aliphatic rings. The van der Waals surface area contributed by atoms with Gasteiger partial charge in [0, 0.05) is 23.0 Å². The zero-order valence-corrected chi connectivity index (χ0v) is 20.7. The lowest BCUT2D eigenvalue weighted by molar-refractivity contribution is -0.117. The number of carbonyl (C=O) groups excluding carboxylic acids is 1. The molecule has 1 unspecified atom stereocenters. The van der Waals surface area contributed by atoms with Gasteiger partial charge in [0.25, 0.3) is 11.5 Å². The number of rotatable bonds is 5. The van der Waals surface area contributed by atoms with E-state index in [1.807, 2.05) is 47.8 Å². The van der Waals surface area contributed by atoms with Crippen LogP contribution in [0.4, 0.5) is 10.8 Å². The molecule has 35 heavy (non-hydrogen) atoms. The Morgan fingerprint density at radius 3 is 2.46 bits per heavy atom. The second-order valence-corrected chi connectivity index (χ2v) is 9.21. The predicted molar refractivity (Wildman–Crippen MR) is 137 cm³/mol. The van der Waals surface area contributed by atoms with Gasteiger partial charge in [0.15, 0.2) is 11.7 Å². The number of benzene rings is 2. The van der Waals surface area contributed by atoms with E-state index in [0.29, 0.717) is 32.9 Å². The number of carbonyl (C=O) groups is 1. The summed E-state index contributed by atoms with van der Waals surface area (Å²) in [4.78, 5) is 30.7. The molecule has 2 aromatic carbocycles. The van der Waals surface area contributed by atoms with Crippen LogP contribution in [-0.2, 0) is 11.8 Å². The average molecular weight is 506 g/mol. The molecular formula is C24H20ClN7O2S. The van der Waals surface area contributed by atoms with Crippen molar-refractivity contribution in [2.75, 3.05) is 5.01 Å². The number of anilines is 1. The standard InChI is InChI=1S/C24H20ClN7O2S/c1-14-20(27-28-21-15(2)30(3)32(23(21)34)18-7-5-4-6-8-18)22(33)31(29-14)24-26-19(13-35-24)16-9-11-17(25)12-10-16/h4-13,20H,1-3H3. The van der Waals surface area contributed by atoms with Crippen LogP contribution >= 0.6 is 22.9 Å². The Morgan fingerprint density at radius 1 is 1.03 bits per heavy atom. The third-order valence-electron chi connectivity index (χ3n) is 5.71. The highest BCUT2D eigenvalue weighted by atomic mass is 35.5. The molecule has 1 atom stereocenters. The third kappa shape index (κ3) is 4.11. The van der Waals surface area contributed by atoms with Crippen molar-refractivity contribution in [2.45, 2.75) is 19.9 Å². The van der Waals surface area contributed by atoms with Gasteiger partial charge in [-0.25, -0.2) is 9.67 Å². The second kappa shape index (κ2) is 9.05. The van der Waals surface area contributed by atoms with Crippen molar-refractivity contribution in [1.82, 2.24) is 14.3 Å². The number of hydrogen-bond acceptors (Lipinski definition) is 7. The minimum Gasteiger partial charge on any atom is -0.283 e. The average Bonchev–Trinajstić information content (AvgIpc) is 3.50. The lowest BCUT2D eigenvalue weighted by atomic mass is 10.2. The number of para-hydroxylation sites is 1. The van der Waals surface area contributed by atoms with Crippen molar-refractivity contribution in [3.8, 4) is 16.9 Å².